The maximum atomic E-state index is 12.1. The second kappa shape index (κ2) is 11.4. The van der Waals surface area contributed by atoms with Crippen LogP contribution >= 0.6 is 0 Å². The molecule has 2 aliphatic rings. The number of methoxy groups -OCH3 is 3. The van der Waals surface area contributed by atoms with Gasteiger partial charge in [-0.3, -0.25) is 14.7 Å². The Hall–Kier alpha value is -2.52. The molecule has 0 radical (unpaired) electrons. The lowest BCUT2D eigenvalue weighted by atomic mass is 9.99. The number of carbonyl (C=O) groups is 1. The summed E-state index contributed by atoms with van der Waals surface area (Å²) in [6.45, 7) is 7.23. The van der Waals surface area contributed by atoms with Crippen LogP contribution in [0.15, 0.2) is 23.2 Å². The highest BCUT2D eigenvalue weighted by molar-refractivity contribution is 5.82. The van der Waals surface area contributed by atoms with Crippen molar-refractivity contribution in [1.29, 1.82) is 0 Å². The monoisotopic (exact) mass is 448 g/mol. The van der Waals surface area contributed by atoms with Crippen LogP contribution in [0.4, 0.5) is 0 Å². The summed E-state index contributed by atoms with van der Waals surface area (Å²) in [7, 11) is 6.51. The average molecular weight is 449 g/mol. The van der Waals surface area contributed by atoms with Crippen LogP contribution in [0.3, 0.4) is 0 Å². The lowest BCUT2D eigenvalue weighted by molar-refractivity contribution is -0.145. The average Bonchev–Trinajstić information content (AvgIpc) is 3.22. The molecule has 0 spiro atoms. The molecule has 2 fully saturated rings. The van der Waals surface area contributed by atoms with Crippen molar-refractivity contribution in [3.63, 3.8) is 0 Å². The molecule has 0 aromatic heterocycles. The molecule has 9 heteroatoms. The van der Waals surface area contributed by atoms with Gasteiger partial charge in [-0.25, -0.2) is 0 Å². The first-order chi connectivity index (χ1) is 15.5. The van der Waals surface area contributed by atoms with Gasteiger partial charge in [0, 0.05) is 39.8 Å². The van der Waals surface area contributed by atoms with Gasteiger partial charge in [0.2, 0.25) is 0 Å². The van der Waals surface area contributed by atoms with Crippen LogP contribution < -0.4 is 14.8 Å². The minimum Gasteiger partial charge on any atom is -0.493 e. The fourth-order valence-corrected chi connectivity index (χ4v) is 4.53. The molecule has 1 aromatic rings. The predicted octanol–water partition coefficient (Wildman–Crippen LogP) is 1.39. The molecule has 3 unspecified atom stereocenters. The van der Waals surface area contributed by atoms with E-state index in [1.807, 2.05) is 12.1 Å². The van der Waals surface area contributed by atoms with Crippen LogP contribution in [0.25, 0.3) is 0 Å². The van der Waals surface area contributed by atoms with Crippen molar-refractivity contribution in [2.75, 3.05) is 74.3 Å². The first-order valence-electron chi connectivity index (χ1n) is 11.1. The number of carbonyl (C=O) groups excluding carboxylic acids is 1. The molecule has 1 aromatic carbocycles. The summed E-state index contributed by atoms with van der Waals surface area (Å²) in [5, 5.41) is 3.54. The van der Waals surface area contributed by atoms with Gasteiger partial charge in [0.05, 0.1) is 46.5 Å². The van der Waals surface area contributed by atoms with Gasteiger partial charge in [-0.2, -0.15) is 0 Å². The summed E-state index contributed by atoms with van der Waals surface area (Å²) in [4.78, 5) is 21.1. The molecule has 0 aliphatic carbocycles. The molecule has 9 nitrogen and oxygen atoms in total. The van der Waals surface area contributed by atoms with Gasteiger partial charge in [0.1, 0.15) is 0 Å². The quantitative estimate of drug-likeness (QED) is 0.381. The van der Waals surface area contributed by atoms with E-state index in [-0.39, 0.29) is 23.8 Å². The van der Waals surface area contributed by atoms with Gasteiger partial charge in [-0.15, -0.1) is 0 Å². The molecule has 0 bridgehead atoms. The second-order valence-corrected chi connectivity index (χ2v) is 8.22. The lowest BCUT2D eigenvalue weighted by Gasteiger charge is -2.36. The number of rotatable bonds is 7. The lowest BCUT2D eigenvalue weighted by Crippen LogP contribution is -2.47. The van der Waals surface area contributed by atoms with E-state index in [9.17, 15) is 4.79 Å². The number of likely N-dealkylation sites (tertiary alicyclic amines) is 1. The Balaban J connectivity index is 1.76. The Labute approximate surface area is 190 Å². The molecular formula is C23H36N4O5. The maximum Gasteiger partial charge on any atom is 0.310 e. The van der Waals surface area contributed by atoms with E-state index < -0.39 is 0 Å². The molecule has 178 valence electrons. The number of aliphatic imine (C=N–C) groups is 1. The second-order valence-electron chi connectivity index (χ2n) is 8.22. The van der Waals surface area contributed by atoms with Gasteiger partial charge in [0.15, 0.2) is 17.5 Å². The number of guanidine groups is 1. The molecule has 2 heterocycles. The molecule has 2 saturated heterocycles. The van der Waals surface area contributed by atoms with E-state index in [1.54, 1.807) is 21.3 Å². The van der Waals surface area contributed by atoms with Gasteiger partial charge in [0.25, 0.3) is 0 Å². The summed E-state index contributed by atoms with van der Waals surface area (Å²) < 4.78 is 21.5. The summed E-state index contributed by atoms with van der Waals surface area (Å²) in [6.07, 6.45) is 0. The molecule has 2 aliphatic heterocycles. The van der Waals surface area contributed by atoms with E-state index in [4.69, 9.17) is 18.9 Å². The minimum atomic E-state index is -0.160. The fourth-order valence-electron chi connectivity index (χ4n) is 4.53. The van der Waals surface area contributed by atoms with Crippen molar-refractivity contribution < 1.29 is 23.7 Å². The van der Waals surface area contributed by atoms with Crippen molar-refractivity contribution >= 4 is 11.9 Å². The summed E-state index contributed by atoms with van der Waals surface area (Å²) in [5.74, 6) is 2.12. The van der Waals surface area contributed by atoms with E-state index in [0.29, 0.717) is 37.8 Å². The van der Waals surface area contributed by atoms with Gasteiger partial charge in [-0.1, -0.05) is 13.0 Å². The first-order valence-corrected chi connectivity index (χ1v) is 11.1. The molecule has 32 heavy (non-hydrogen) atoms. The normalized spacial score (nSPS) is 23.0. The third kappa shape index (κ3) is 5.45. The number of ether oxygens (including phenoxy) is 4. The molecule has 3 rings (SSSR count). The van der Waals surface area contributed by atoms with E-state index >= 15 is 0 Å². The third-order valence-electron chi connectivity index (χ3n) is 6.36. The highest BCUT2D eigenvalue weighted by Crippen LogP contribution is 2.32. The Morgan fingerprint density at radius 3 is 2.53 bits per heavy atom. The van der Waals surface area contributed by atoms with Crippen molar-refractivity contribution in [1.82, 2.24) is 15.1 Å². The maximum absolute atomic E-state index is 12.1. The fraction of sp³-hybridized carbons (Fsp3) is 0.652. The van der Waals surface area contributed by atoms with Crippen LogP contribution in [0.2, 0.25) is 0 Å². The van der Waals surface area contributed by atoms with E-state index in [1.165, 1.54) is 7.11 Å². The van der Waals surface area contributed by atoms with Crippen molar-refractivity contribution in [2.45, 2.75) is 13.0 Å². The molecule has 1 N–H and O–H groups in total. The van der Waals surface area contributed by atoms with Crippen molar-refractivity contribution in [3.8, 4) is 11.5 Å². The van der Waals surface area contributed by atoms with Gasteiger partial charge in [-0.05, 0) is 23.6 Å². The number of nitrogens with one attached hydrogen (secondary N) is 1. The molecule has 0 amide bonds. The zero-order chi connectivity index (χ0) is 23.1. The van der Waals surface area contributed by atoms with Crippen LogP contribution in [0.5, 0.6) is 11.5 Å². The topological polar surface area (TPSA) is 84.9 Å². The number of hydrogen-bond acceptors (Lipinski definition) is 7. The third-order valence-corrected chi connectivity index (χ3v) is 6.36. The Morgan fingerprint density at radius 2 is 1.91 bits per heavy atom. The SMILES string of the molecule is CN=C(NCC(c1ccc(OC)c(OC)c1)N1CCOCC1)N1CC(C)C(C(=O)OC)C1. The van der Waals surface area contributed by atoms with Crippen LogP contribution in [-0.2, 0) is 14.3 Å². The Bertz CT molecular complexity index is 797. The predicted molar refractivity (Wildman–Crippen MR) is 122 cm³/mol. The number of esters is 1. The highest BCUT2D eigenvalue weighted by atomic mass is 16.5. The summed E-state index contributed by atoms with van der Waals surface area (Å²) >= 11 is 0. The summed E-state index contributed by atoms with van der Waals surface area (Å²) in [6, 6.07) is 6.16. The van der Waals surface area contributed by atoms with Crippen LogP contribution in [-0.4, -0.2) is 96.0 Å². The standard InChI is InChI=1S/C23H36N4O5/c1-16-14-27(15-18(16)22(28)31-5)23(24-2)25-13-19(26-8-10-32-11-9-26)17-6-7-20(29-3)21(12-17)30-4/h6-7,12,16,18-19H,8-11,13-15H2,1-5H3,(H,24,25). The summed E-state index contributed by atoms with van der Waals surface area (Å²) in [5.41, 5.74) is 1.13. The van der Waals surface area contributed by atoms with Crippen LogP contribution in [0, 0.1) is 11.8 Å². The molecular weight excluding hydrogens is 412 g/mol. The van der Waals surface area contributed by atoms with Crippen molar-refractivity contribution in [3.05, 3.63) is 23.8 Å². The van der Waals surface area contributed by atoms with Crippen molar-refractivity contribution in [2.24, 2.45) is 16.8 Å². The highest BCUT2D eigenvalue weighted by Gasteiger charge is 2.37. The zero-order valence-electron chi connectivity index (χ0n) is 19.8. The smallest absolute Gasteiger partial charge is 0.310 e. The zero-order valence-corrected chi connectivity index (χ0v) is 19.8. The molecule has 0 saturated carbocycles. The van der Waals surface area contributed by atoms with E-state index in [2.05, 4.69) is 33.1 Å². The minimum absolute atomic E-state index is 0.104. The largest absolute Gasteiger partial charge is 0.493 e. The molecule has 3 atom stereocenters. The van der Waals surface area contributed by atoms with Gasteiger partial charge >= 0.3 is 5.97 Å². The number of morpholine rings is 1. The first kappa shape index (κ1) is 24.1. The number of hydrogen-bond donors (Lipinski definition) is 1. The Morgan fingerprint density at radius 1 is 1.19 bits per heavy atom. The van der Waals surface area contributed by atoms with Crippen LogP contribution in [0.1, 0.15) is 18.5 Å². The van der Waals surface area contributed by atoms with Gasteiger partial charge < -0.3 is 29.2 Å². The van der Waals surface area contributed by atoms with E-state index in [0.717, 1.165) is 31.2 Å². The number of benzene rings is 1. The Kier molecular flexibility index (Phi) is 8.58. The number of nitrogens with zero attached hydrogens (tertiary/aromatic N) is 3.